The molecule has 0 aliphatic rings. The van der Waals surface area contributed by atoms with E-state index >= 15 is 0 Å². The first-order chi connectivity index (χ1) is 10.6. The number of nitrogens with zero attached hydrogens (tertiary/aromatic N) is 1. The van der Waals surface area contributed by atoms with Gasteiger partial charge in [0.05, 0.1) is 17.7 Å². The standard InChI is InChI=1S/C16H10F3NO2/c17-10-3-1-2-9(6-10)15-13(8-21)16(22-20-15)12-7-11(18)4-5-14(12)19/h1-7,21H,8H2. The van der Waals surface area contributed by atoms with Crippen LogP contribution in [0, 0.1) is 17.5 Å². The first-order valence-corrected chi connectivity index (χ1v) is 6.41. The molecule has 0 unspecified atom stereocenters. The first kappa shape index (κ1) is 14.3. The van der Waals surface area contributed by atoms with Crippen LogP contribution >= 0.6 is 0 Å². The predicted octanol–water partition coefficient (Wildman–Crippen LogP) is 3.92. The van der Waals surface area contributed by atoms with E-state index in [4.69, 9.17) is 4.52 Å². The molecule has 22 heavy (non-hydrogen) atoms. The quantitative estimate of drug-likeness (QED) is 0.798. The van der Waals surface area contributed by atoms with Crippen molar-refractivity contribution in [3.8, 4) is 22.6 Å². The molecule has 0 amide bonds. The largest absolute Gasteiger partial charge is 0.391 e. The van der Waals surface area contributed by atoms with Crippen LogP contribution in [0.2, 0.25) is 0 Å². The van der Waals surface area contributed by atoms with E-state index in [1.165, 1.54) is 18.2 Å². The maximum atomic E-state index is 13.9. The van der Waals surface area contributed by atoms with Crippen LogP contribution in [0.4, 0.5) is 13.2 Å². The van der Waals surface area contributed by atoms with Crippen LogP contribution in [-0.2, 0) is 6.61 Å². The van der Waals surface area contributed by atoms with Gasteiger partial charge in [0.2, 0.25) is 0 Å². The van der Waals surface area contributed by atoms with Gasteiger partial charge in [-0.15, -0.1) is 0 Å². The summed E-state index contributed by atoms with van der Waals surface area (Å²) in [5.41, 5.74) is 0.561. The van der Waals surface area contributed by atoms with Gasteiger partial charge in [-0.25, -0.2) is 13.2 Å². The number of hydrogen-bond acceptors (Lipinski definition) is 3. The van der Waals surface area contributed by atoms with Crippen LogP contribution in [0.1, 0.15) is 5.56 Å². The smallest absolute Gasteiger partial charge is 0.176 e. The third kappa shape index (κ3) is 2.48. The number of halogens is 3. The molecule has 0 spiro atoms. The van der Waals surface area contributed by atoms with Crippen LogP contribution in [0.3, 0.4) is 0 Å². The molecule has 1 heterocycles. The van der Waals surface area contributed by atoms with Gasteiger partial charge in [0.15, 0.2) is 5.76 Å². The summed E-state index contributed by atoms with van der Waals surface area (Å²) < 4.78 is 45.5. The Morgan fingerprint density at radius 2 is 1.77 bits per heavy atom. The predicted molar refractivity (Wildman–Crippen MR) is 73.2 cm³/mol. The van der Waals surface area contributed by atoms with E-state index < -0.39 is 24.1 Å². The van der Waals surface area contributed by atoms with Crippen molar-refractivity contribution < 1.29 is 22.8 Å². The summed E-state index contributed by atoms with van der Waals surface area (Å²) >= 11 is 0. The number of aliphatic hydroxyl groups is 1. The number of rotatable bonds is 3. The lowest BCUT2D eigenvalue weighted by atomic mass is 10.0. The Bertz CT molecular complexity index is 830. The fourth-order valence-corrected chi connectivity index (χ4v) is 2.20. The lowest BCUT2D eigenvalue weighted by molar-refractivity contribution is 0.281. The second-order valence-corrected chi connectivity index (χ2v) is 4.63. The minimum Gasteiger partial charge on any atom is -0.391 e. The number of benzene rings is 2. The van der Waals surface area contributed by atoms with Crippen molar-refractivity contribution in [2.45, 2.75) is 6.61 Å². The van der Waals surface area contributed by atoms with Crippen LogP contribution in [0.15, 0.2) is 47.0 Å². The van der Waals surface area contributed by atoms with E-state index in [9.17, 15) is 18.3 Å². The molecule has 2 aromatic carbocycles. The zero-order valence-corrected chi connectivity index (χ0v) is 11.2. The Kier molecular flexibility index (Phi) is 3.68. The highest BCUT2D eigenvalue weighted by molar-refractivity contribution is 5.72. The Hall–Kier alpha value is -2.60. The fraction of sp³-hybridized carbons (Fsp3) is 0.0625. The molecule has 1 N–H and O–H groups in total. The van der Waals surface area contributed by atoms with E-state index in [-0.39, 0.29) is 22.6 Å². The molecule has 3 rings (SSSR count). The first-order valence-electron chi connectivity index (χ1n) is 6.41. The fourth-order valence-electron chi connectivity index (χ4n) is 2.20. The molecule has 0 radical (unpaired) electrons. The highest BCUT2D eigenvalue weighted by atomic mass is 19.1. The molecule has 0 bridgehead atoms. The third-order valence-corrected chi connectivity index (χ3v) is 3.22. The molecular weight excluding hydrogens is 295 g/mol. The molecule has 3 aromatic rings. The summed E-state index contributed by atoms with van der Waals surface area (Å²) in [6.07, 6.45) is 0. The van der Waals surface area contributed by atoms with E-state index in [1.54, 1.807) is 6.07 Å². The summed E-state index contributed by atoms with van der Waals surface area (Å²) in [6.45, 7) is -0.513. The minimum absolute atomic E-state index is 0.0845. The van der Waals surface area contributed by atoms with Gasteiger partial charge in [0.25, 0.3) is 0 Å². The van der Waals surface area contributed by atoms with Gasteiger partial charge in [-0.05, 0) is 30.3 Å². The topological polar surface area (TPSA) is 46.3 Å². The zero-order chi connectivity index (χ0) is 15.7. The van der Waals surface area contributed by atoms with Gasteiger partial charge >= 0.3 is 0 Å². The molecule has 0 fully saturated rings. The maximum Gasteiger partial charge on any atom is 0.176 e. The number of aromatic nitrogens is 1. The lowest BCUT2D eigenvalue weighted by Crippen LogP contribution is -1.92. The van der Waals surface area contributed by atoms with Crippen LogP contribution in [0.25, 0.3) is 22.6 Å². The molecular formula is C16H10F3NO2. The minimum atomic E-state index is -0.710. The van der Waals surface area contributed by atoms with Crippen molar-refractivity contribution in [3.63, 3.8) is 0 Å². The molecule has 112 valence electrons. The highest BCUT2D eigenvalue weighted by Gasteiger charge is 2.21. The van der Waals surface area contributed by atoms with Gasteiger partial charge in [-0.3, -0.25) is 0 Å². The van der Waals surface area contributed by atoms with Gasteiger partial charge in [0.1, 0.15) is 23.1 Å². The Labute approximate surface area is 123 Å². The van der Waals surface area contributed by atoms with E-state index in [0.717, 1.165) is 18.2 Å². The average Bonchev–Trinajstić information content (AvgIpc) is 2.93. The molecule has 3 nitrogen and oxygen atoms in total. The van der Waals surface area contributed by atoms with Crippen molar-refractivity contribution >= 4 is 0 Å². The van der Waals surface area contributed by atoms with E-state index in [2.05, 4.69) is 5.16 Å². The average molecular weight is 305 g/mol. The van der Waals surface area contributed by atoms with Crippen LogP contribution in [0.5, 0.6) is 0 Å². The normalized spacial score (nSPS) is 10.9. The molecule has 0 saturated carbocycles. The summed E-state index contributed by atoms with van der Waals surface area (Å²) in [5, 5.41) is 13.3. The van der Waals surface area contributed by atoms with Crippen molar-refractivity contribution in [1.82, 2.24) is 5.16 Å². The summed E-state index contributed by atoms with van der Waals surface area (Å²) in [4.78, 5) is 0. The molecule has 0 aliphatic carbocycles. The maximum absolute atomic E-state index is 13.9. The monoisotopic (exact) mass is 305 g/mol. The Morgan fingerprint density at radius 3 is 2.50 bits per heavy atom. The number of aliphatic hydroxyl groups excluding tert-OH is 1. The van der Waals surface area contributed by atoms with Crippen molar-refractivity contribution in [2.75, 3.05) is 0 Å². The van der Waals surface area contributed by atoms with Crippen LogP contribution in [-0.4, -0.2) is 10.3 Å². The van der Waals surface area contributed by atoms with E-state index in [1.807, 2.05) is 0 Å². The SMILES string of the molecule is OCc1c(-c2cccc(F)c2)noc1-c1cc(F)ccc1F. The highest BCUT2D eigenvalue weighted by Crippen LogP contribution is 2.34. The summed E-state index contributed by atoms with van der Waals surface area (Å²) in [6, 6.07) is 8.40. The molecule has 6 heteroatoms. The molecule has 0 aliphatic heterocycles. The second-order valence-electron chi connectivity index (χ2n) is 4.63. The molecule has 1 aromatic heterocycles. The van der Waals surface area contributed by atoms with Gasteiger partial charge in [0, 0.05) is 5.56 Å². The zero-order valence-electron chi connectivity index (χ0n) is 11.2. The van der Waals surface area contributed by atoms with Crippen molar-refractivity contribution in [1.29, 1.82) is 0 Å². The van der Waals surface area contributed by atoms with Gasteiger partial charge < -0.3 is 9.63 Å². The Morgan fingerprint density at radius 1 is 1.00 bits per heavy atom. The van der Waals surface area contributed by atoms with Crippen molar-refractivity contribution in [3.05, 3.63) is 65.5 Å². The summed E-state index contributed by atoms with van der Waals surface area (Å²) in [7, 11) is 0. The summed E-state index contributed by atoms with van der Waals surface area (Å²) in [5.74, 6) is -1.93. The van der Waals surface area contributed by atoms with Crippen LogP contribution < -0.4 is 0 Å². The second kappa shape index (κ2) is 5.65. The number of hydrogen-bond donors (Lipinski definition) is 1. The van der Waals surface area contributed by atoms with Crippen molar-refractivity contribution in [2.24, 2.45) is 0 Å². The Balaban J connectivity index is 2.17. The third-order valence-electron chi connectivity index (χ3n) is 3.22. The molecule has 0 saturated heterocycles. The van der Waals surface area contributed by atoms with E-state index in [0.29, 0.717) is 5.56 Å². The van der Waals surface area contributed by atoms with Gasteiger partial charge in [-0.2, -0.15) is 0 Å². The lowest BCUT2D eigenvalue weighted by Gasteiger charge is -2.03. The molecule has 0 atom stereocenters. The van der Waals surface area contributed by atoms with Gasteiger partial charge in [-0.1, -0.05) is 17.3 Å².